The van der Waals surface area contributed by atoms with E-state index >= 15 is 0 Å². The number of anilines is 1. The summed E-state index contributed by atoms with van der Waals surface area (Å²) in [6.07, 6.45) is 14.1. The van der Waals surface area contributed by atoms with Gasteiger partial charge in [0, 0.05) is 70.8 Å². The molecule has 0 N–H and O–H groups in total. The maximum atomic E-state index is 13.0. The molecular weight excluding hydrogens is 466 g/mol. The summed E-state index contributed by atoms with van der Waals surface area (Å²) in [4.78, 5) is 29.5. The van der Waals surface area contributed by atoms with E-state index < -0.39 is 0 Å². The first-order chi connectivity index (χ1) is 18.1. The molecule has 1 saturated heterocycles. The van der Waals surface area contributed by atoms with Crippen LogP contribution in [0.2, 0.25) is 0 Å². The zero-order valence-electron chi connectivity index (χ0n) is 23.1. The topological polar surface area (TPSA) is 71.0 Å². The van der Waals surface area contributed by atoms with E-state index in [9.17, 15) is 4.79 Å². The number of aromatic nitrogens is 2. The van der Waals surface area contributed by atoms with Crippen LogP contribution in [-0.2, 0) is 27.1 Å². The van der Waals surface area contributed by atoms with Crippen LogP contribution in [0.15, 0.2) is 29.9 Å². The van der Waals surface area contributed by atoms with Gasteiger partial charge in [0.05, 0.1) is 23.8 Å². The SMILES string of the molecule is C/C=C(\CC/C(=C\CC)OCC)OCC(=O)N1CCc2cnc(N3CCN(C4CCC4)CC3)nc2CC1. The summed E-state index contributed by atoms with van der Waals surface area (Å²) in [6, 6.07) is 0.803. The first kappa shape index (κ1) is 27.4. The minimum atomic E-state index is 0.0292. The van der Waals surface area contributed by atoms with Gasteiger partial charge in [-0.25, -0.2) is 9.97 Å². The van der Waals surface area contributed by atoms with Crippen molar-refractivity contribution in [2.45, 2.75) is 78.2 Å². The number of ether oxygens (including phenoxy) is 2. The Morgan fingerprint density at radius 1 is 1.03 bits per heavy atom. The van der Waals surface area contributed by atoms with Gasteiger partial charge in [-0.05, 0) is 57.2 Å². The minimum Gasteiger partial charge on any atom is -0.499 e. The number of rotatable bonds is 11. The van der Waals surface area contributed by atoms with E-state index in [1.807, 2.05) is 31.0 Å². The molecule has 3 aliphatic rings. The molecule has 0 unspecified atom stereocenters. The smallest absolute Gasteiger partial charge is 0.260 e. The summed E-state index contributed by atoms with van der Waals surface area (Å²) in [5, 5.41) is 0. The van der Waals surface area contributed by atoms with Gasteiger partial charge in [-0.3, -0.25) is 9.69 Å². The van der Waals surface area contributed by atoms with Crippen molar-refractivity contribution >= 4 is 11.9 Å². The van der Waals surface area contributed by atoms with Gasteiger partial charge in [-0.15, -0.1) is 0 Å². The molecular formula is C29H45N5O3. The number of fused-ring (bicyclic) bond motifs is 1. The lowest BCUT2D eigenvalue weighted by Crippen LogP contribution is -2.52. The Morgan fingerprint density at radius 2 is 1.78 bits per heavy atom. The van der Waals surface area contributed by atoms with E-state index in [1.165, 1.54) is 19.3 Å². The van der Waals surface area contributed by atoms with Crippen LogP contribution in [0.3, 0.4) is 0 Å². The van der Waals surface area contributed by atoms with E-state index in [0.717, 1.165) is 93.0 Å². The van der Waals surface area contributed by atoms with E-state index in [4.69, 9.17) is 19.4 Å². The van der Waals surface area contributed by atoms with Crippen molar-refractivity contribution in [3.8, 4) is 0 Å². The maximum Gasteiger partial charge on any atom is 0.260 e. The van der Waals surface area contributed by atoms with Crippen LogP contribution >= 0.6 is 0 Å². The molecule has 0 aromatic carbocycles. The predicted molar refractivity (Wildman–Crippen MR) is 146 cm³/mol. The second kappa shape index (κ2) is 13.8. The fourth-order valence-corrected chi connectivity index (χ4v) is 5.34. The molecule has 1 amide bonds. The summed E-state index contributed by atoms with van der Waals surface area (Å²) in [6.45, 7) is 12.3. The second-order valence-electron chi connectivity index (χ2n) is 10.2. The Hall–Kier alpha value is -2.61. The van der Waals surface area contributed by atoms with Crippen LogP contribution in [-0.4, -0.2) is 84.2 Å². The second-order valence-corrected chi connectivity index (χ2v) is 10.2. The molecule has 0 spiro atoms. The minimum absolute atomic E-state index is 0.0292. The van der Waals surface area contributed by atoms with Crippen LogP contribution in [0.4, 0.5) is 5.95 Å². The number of nitrogens with zero attached hydrogens (tertiary/aromatic N) is 5. The molecule has 2 fully saturated rings. The molecule has 0 radical (unpaired) electrons. The summed E-state index contributed by atoms with van der Waals surface area (Å²) in [5.41, 5.74) is 2.25. The first-order valence-corrected chi connectivity index (χ1v) is 14.3. The zero-order valence-corrected chi connectivity index (χ0v) is 23.1. The Kier molecular flexibility index (Phi) is 10.2. The van der Waals surface area contributed by atoms with Crippen LogP contribution in [0.25, 0.3) is 0 Å². The highest BCUT2D eigenvalue weighted by Crippen LogP contribution is 2.26. The third-order valence-corrected chi connectivity index (χ3v) is 7.83. The van der Waals surface area contributed by atoms with Gasteiger partial charge in [0.1, 0.15) is 0 Å². The van der Waals surface area contributed by atoms with E-state index in [2.05, 4.69) is 22.8 Å². The number of piperazine rings is 1. The van der Waals surface area contributed by atoms with Crippen LogP contribution in [0, 0.1) is 0 Å². The molecule has 0 atom stereocenters. The average molecular weight is 512 g/mol. The summed E-state index contributed by atoms with van der Waals surface area (Å²) < 4.78 is 11.6. The lowest BCUT2D eigenvalue weighted by atomic mass is 9.91. The average Bonchev–Trinajstić information content (AvgIpc) is 3.10. The Balaban J connectivity index is 1.25. The van der Waals surface area contributed by atoms with Crippen molar-refractivity contribution in [1.29, 1.82) is 0 Å². The van der Waals surface area contributed by atoms with Crippen molar-refractivity contribution in [1.82, 2.24) is 19.8 Å². The number of hydrogen-bond acceptors (Lipinski definition) is 7. The van der Waals surface area contributed by atoms with Crippen molar-refractivity contribution in [2.75, 3.05) is 57.4 Å². The van der Waals surface area contributed by atoms with Crippen LogP contribution in [0.5, 0.6) is 0 Å². The van der Waals surface area contributed by atoms with E-state index in [-0.39, 0.29) is 12.5 Å². The van der Waals surface area contributed by atoms with Gasteiger partial charge in [0.2, 0.25) is 5.95 Å². The van der Waals surface area contributed by atoms with Crippen LogP contribution in [0.1, 0.15) is 70.6 Å². The lowest BCUT2D eigenvalue weighted by Gasteiger charge is -2.43. The molecule has 204 valence electrons. The number of allylic oxidation sites excluding steroid dienone is 4. The van der Waals surface area contributed by atoms with Gasteiger partial charge >= 0.3 is 0 Å². The quantitative estimate of drug-likeness (QED) is 0.414. The summed E-state index contributed by atoms with van der Waals surface area (Å²) >= 11 is 0. The molecule has 3 heterocycles. The monoisotopic (exact) mass is 511 g/mol. The lowest BCUT2D eigenvalue weighted by molar-refractivity contribution is -0.134. The van der Waals surface area contributed by atoms with Crippen molar-refractivity contribution in [2.24, 2.45) is 0 Å². The van der Waals surface area contributed by atoms with Gasteiger partial charge in [-0.2, -0.15) is 0 Å². The molecule has 1 saturated carbocycles. The Morgan fingerprint density at radius 3 is 2.46 bits per heavy atom. The molecule has 8 nitrogen and oxygen atoms in total. The molecule has 1 aliphatic carbocycles. The highest BCUT2D eigenvalue weighted by Gasteiger charge is 2.29. The van der Waals surface area contributed by atoms with Gasteiger partial charge in [-0.1, -0.05) is 13.3 Å². The van der Waals surface area contributed by atoms with Crippen LogP contribution < -0.4 is 4.90 Å². The molecule has 1 aromatic rings. The van der Waals surface area contributed by atoms with Gasteiger partial charge < -0.3 is 19.3 Å². The Bertz CT molecular complexity index is 951. The molecule has 0 bridgehead atoms. The fourth-order valence-electron chi connectivity index (χ4n) is 5.34. The third kappa shape index (κ3) is 7.46. The van der Waals surface area contributed by atoms with Crippen molar-refractivity contribution in [3.05, 3.63) is 41.1 Å². The Labute approximate surface area is 222 Å². The van der Waals surface area contributed by atoms with E-state index in [0.29, 0.717) is 19.7 Å². The number of amides is 1. The predicted octanol–water partition coefficient (Wildman–Crippen LogP) is 4.11. The largest absolute Gasteiger partial charge is 0.499 e. The number of carbonyl (C=O) groups excluding carboxylic acids is 1. The maximum absolute atomic E-state index is 13.0. The number of hydrogen-bond donors (Lipinski definition) is 0. The highest BCUT2D eigenvalue weighted by molar-refractivity contribution is 5.77. The number of carbonyl (C=O) groups is 1. The fraction of sp³-hybridized carbons (Fsp3) is 0.690. The van der Waals surface area contributed by atoms with Crippen molar-refractivity contribution in [3.63, 3.8) is 0 Å². The standard InChI is InChI=1S/C29H45N5O3/c1-4-8-26(36-6-3)12-11-25(5-2)37-22-28(35)33-15-13-23-21-30-29(31-27(23)14-16-33)34-19-17-32(18-20-34)24-9-7-10-24/h5,8,21,24H,4,6-7,9-20,22H2,1-3H3/b25-5+,26-8+. The van der Waals surface area contributed by atoms with Crippen molar-refractivity contribution < 1.29 is 14.3 Å². The van der Waals surface area contributed by atoms with Gasteiger partial charge in [0.15, 0.2) is 6.61 Å². The summed E-state index contributed by atoms with van der Waals surface area (Å²) in [5.74, 6) is 2.70. The normalized spacial score (nSPS) is 19.8. The molecule has 1 aromatic heterocycles. The highest BCUT2D eigenvalue weighted by atomic mass is 16.5. The summed E-state index contributed by atoms with van der Waals surface area (Å²) in [7, 11) is 0. The molecule has 2 aliphatic heterocycles. The van der Waals surface area contributed by atoms with Gasteiger partial charge in [0.25, 0.3) is 5.91 Å². The zero-order chi connectivity index (χ0) is 26.0. The molecule has 8 heteroatoms. The molecule has 37 heavy (non-hydrogen) atoms. The third-order valence-electron chi connectivity index (χ3n) is 7.83. The first-order valence-electron chi connectivity index (χ1n) is 14.3. The molecule has 4 rings (SSSR count). The van der Waals surface area contributed by atoms with E-state index in [1.54, 1.807) is 0 Å².